The van der Waals surface area contributed by atoms with E-state index in [0.29, 0.717) is 0 Å². The van der Waals surface area contributed by atoms with Crippen molar-refractivity contribution in [3.8, 4) is 0 Å². The summed E-state index contributed by atoms with van der Waals surface area (Å²) in [5.41, 5.74) is 0. The Hall–Kier alpha value is 0.210. The van der Waals surface area contributed by atoms with E-state index in [2.05, 4.69) is 12.2 Å². The van der Waals surface area contributed by atoms with Gasteiger partial charge in [0.15, 0.2) is 0 Å². The standard InChI is InChI=1S/C9H19NO.ClH/c1-2-3-4-9(11)7-10-8-5-6-8;/h8-11H,2-7H2,1H3;1H. The van der Waals surface area contributed by atoms with Crippen LogP contribution < -0.4 is 5.32 Å². The number of nitrogens with one attached hydrogen (secondary N) is 1. The molecule has 1 aliphatic carbocycles. The highest BCUT2D eigenvalue weighted by molar-refractivity contribution is 5.85. The summed E-state index contributed by atoms with van der Waals surface area (Å²) >= 11 is 0. The largest absolute Gasteiger partial charge is 0.392 e. The number of unbranched alkanes of at least 4 members (excludes halogenated alkanes) is 1. The number of hydrogen-bond donors (Lipinski definition) is 2. The van der Waals surface area contributed by atoms with E-state index in [4.69, 9.17) is 0 Å². The molecule has 0 aromatic rings. The van der Waals surface area contributed by atoms with Crippen LogP contribution in [0.1, 0.15) is 39.0 Å². The predicted octanol–water partition coefficient (Wildman–Crippen LogP) is 1.71. The van der Waals surface area contributed by atoms with Crippen molar-refractivity contribution in [1.82, 2.24) is 5.32 Å². The highest BCUT2D eigenvalue weighted by Crippen LogP contribution is 2.18. The van der Waals surface area contributed by atoms with E-state index >= 15 is 0 Å². The molecule has 0 bridgehead atoms. The van der Waals surface area contributed by atoms with Crippen LogP contribution in [0.5, 0.6) is 0 Å². The number of aliphatic hydroxyl groups is 1. The van der Waals surface area contributed by atoms with E-state index in [1.165, 1.54) is 19.3 Å². The molecule has 1 atom stereocenters. The Kier molecular flexibility index (Phi) is 6.81. The Balaban J connectivity index is 0.00000121. The summed E-state index contributed by atoms with van der Waals surface area (Å²) in [5.74, 6) is 0. The number of halogens is 1. The molecule has 1 fully saturated rings. The van der Waals surface area contributed by atoms with E-state index in [1.807, 2.05) is 0 Å². The SMILES string of the molecule is CCCCC(O)CNC1CC1.Cl. The van der Waals surface area contributed by atoms with Crippen molar-refractivity contribution in [2.45, 2.75) is 51.2 Å². The molecule has 0 spiro atoms. The summed E-state index contributed by atoms with van der Waals surface area (Å²) in [6, 6.07) is 0.728. The lowest BCUT2D eigenvalue weighted by molar-refractivity contribution is 0.158. The third-order valence-electron chi connectivity index (χ3n) is 2.11. The molecule has 1 aliphatic rings. The fourth-order valence-electron chi connectivity index (χ4n) is 1.13. The summed E-state index contributed by atoms with van der Waals surface area (Å²) in [4.78, 5) is 0. The minimum atomic E-state index is -0.115. The van der Waals surface area contributed by atoms with Crippen molar-refractivity contribution in [1.29, 1.82) is 0 Å². The first kappa shape index (κ1) is 12.2. The fourth-order valence-corrected chi connectivity index (χ4v) is 1.13. The van der Waals surface area contributed by atoms with Crippen LogP contribution in [-0.2, 0) is 0 Å². The Bertz CT molecular complexity index is 107. The van der Waals surface area contributed by atoms with Gasteiger partial charge in [0.25, 0.3) is 0 Å². The van der Waals surface area contributed by atoms with Gasteiger partial charge in [-0.15, -0.1) is 12.4 Å². The molecule has 12 heavy (non-hydrogen) atoms. The van der Waals surface area contributed by atoms with Gasteiger partial charge < -0.3 is 10.4 Å². The number of aliphatic hydroxyl groups excluding tert-OH is 1. The maximum atomic E-state index is 9.39. The lowest BCUT2D eigenvalue weighted by atomic mass is 10.1. The Morgan fingerprint density at radius 3 is 2.67 bits per heavy atom. The zero-order valence-electron chi connectivity index (χ0n) is 7.75. The van der Waals surface area contributed by atoms with Gasteiger partial charge in [0.2, 0.25) is 0 Å². The fraction of sp³-hybridized carbons (Fsp3) is 1.00. The molecule has 2 N–H and O–H groups in total. The van der Waals surface area contributed by atoms with Crippen LogP contribution in [0, 0.1) is 0 Å². The maximum Gasteiger partial charge on any atom is 0.0664 e. The minimum Gasteiger partial charge on any atom is -0.392 e. The summed E-state index contributed by atoms with van der Waals surface area (Å²) in [5, 5.41) is 12.7. The van der Waals surface area contributed by atoms with Gasteiger partial charge in [-0.05, 0) is 19.3 Å². The molecule has 0 aliphatic heterocycles. The minimum absolute atomic E-state index is 0. The third-order valence-corrected chi connectivity index (χ3v) is 2.11. The molecule has 74 valence electrons. The molecule has 0 radical (unpaired) electrons. The number of hydrogen-bond acceptors (Lipinski definition) is 2. The predicted molar refractivity (Wildman–Crippen MR) is 53.8 cm³/mol. The first-order valence-corrected chi connectivity index (χ1v) is 4.74. The van der Waals surface area contributed by atoms with Gasteiger partial charge in [0.05, 0.1) is 6.10 Å². The van der Waals surface area contributed by atoms with Gasteiger partial charge in [0.1, 0.15) is 0 Å². The van der Waals surface area contributed by atoms with Crippen LogP contribution in [0.4, 0.5) is 0 Å². The van der Waals surface area contributed by atoms with Gasteiger partial charge in [0, 0.05) is 12.6 Å². The average Bonchev–Trinajstić information content (AvgIpc) is 2.80. The molecule has 0 saturated heterocycles. The van der Waals surface area contributed by atoms with Crippen molar-refractivity contribution in [3.05, 3.63) is 0 Å². The van der Waals surface area contributed by atoms with Crippen molar-refractivity contribution in [2.75, 3.05) is 6.54 Å². The van der Waals surface area contributed by atoms with E-state index in [1.54, 1.807) is 0 Å². The van der Waals surface area contributed by atoms with Crippen LogP contribution in [0.2, 0.25) is 0 Å². The molecular weight excluding hydrogens is 174 g/mol. The zero-order valence-corrected chi connectivity index (χ0v) is 8.57. The lowest BCUT2D eigenvalue weighted by Gasteiger charge is -2.09. The Morgan fingerprint density at radius 1 is 1.50 bits per heavy atom. The van der Waals surface area contributed by atoms with Crippen molar-refractivity contribution < 1.29 is 5.11 Å². The Morgan fingerprint density at radius 2 is 2.17 bits per heavy atom. The van der Waals surface area contributed by atoms with Gasteiger partial charge in [-0.3, -0.25) is 0 Å². The van der Waals surface area contributed by atoms with Gasteiger partial charge in [-0.25, -0.2) is 0 Å². The lowest BCUT2D eigenvalue weighted by Crippen LogP contribution is -2.28. The molecule has 1 unspecified atom stereocenters. The summed E-state index contributed by atoms with van der Waals surface area (Å²) < 4.78 is 0. The highest BCUT2D eigenvalue weighted by atomic mass is 35.5. The van der Waals surface area contributed by atoms with Gasteiger partial charge in [-0.1, -0.05) is 19.8 Å². The first-order chi connectivity index (χ1) is 5.33. The average molecular weight is 194 g/mol. The van der Waals surface area contributed by atoms with Crippen molar-refractivity contribution in [2.24, 2.45) is 0 Å². The topological polar surface area (TPSA) is 32.3 Å². The first-order valence-electron chi connectivity index (χ1n) is 4.74. The highest BCUT2D eigenvalue weighted by Gasteiger charge is 2.20. The molecule has 0 aromatic carbocycles. The molecule has 3 heteroatoms. The normalized spacial score (nSPS) is 18.5. The second-order valence-corrected chi connectivity index (χ2v) is 3.48. The van der Waals surface area contributed by atoms with Gasteiger partial charge in [-0.2, -0.15) is 0 Å². The molecule has 0 heterocycles. The maximum absolute atomic E-state index is 9.39. The molecule has 1 saturated carbocycles. The van der Waals surface area contributed by atoms with E-state index < -0.39 is 0 Å². The van der Waals surface area contributed by atoms with Crippen LogP contribution >= 0.6 is 12.4 Å². The quantitative estimate of drug-likeness (QED) is 0.674. The van der Waals surface area contributed by atoms with Crippen LogP contribution in [0.3, 0.4) is 0 Å². The summed E-state index contributed by atoms with van der Waals surface area (Å²) in [7, 11) is 0. The van der Waals surface area contributed by atoms with E-state index in [9.17, 15) is 5.11 Å². The molecule has 2 nitrogen and oxygen atoms in total. The Labute approximate surface area is 81.2 Å². The molecular formula is C9H20ClNO. The number of rotatable bonds is 6. The zero-order chi connectivity index (χ0) is 8.10. The van der Waals surface area contributed by atoms with Crippen LogP contribution in [-0.4, -0.2) is 23.8 Å². The van der Waals surface area contributed by atoms with Crippen LogP contribution in [0.25, 0.3) is 0 Å². The second-order valence-electron chi connectivity index (χ2n) is 3.48. The second kappa shape index (κ2) is 6.70. The van der Waals surface area contributed by atoms with Crippen LogP contribution in [0.15, 0.2) is 0 Å². The molecule has 0 aromatic heterocycles. The monoisotopic (exact) mass is 193 g/mol. The summed E-state index contributed by atoms with van der Waals surface area (Å²) in [6.07, 6.45) is 5.78. The van der Waals surface area contributed by atoms with Crippen molar-refractivity contribution >= 4 is 12.4 Å². The van der Waals surface area contributed by atoms with Crippen molar-refractivity contribution in [3.63, 3.8) is 0 Å². The van der Waals surface area contributed by atoms with Gasteiger partial charge >= 0.3 is 0 Å². The molecule has 0 amide bonds. The van der Waals surface area contributed by atoms with E-state index in [0.717, 1.165) is 25.4 Å². The summed E-state index contributed by atoms with van der Waals surface area (Å²) in [6.45, 7) is 2.95. The van der Waals surface area contributed by atoms with E-state index in [-0.39, 0.29) is 18.5 Å². The third kappa shape index (κ3) is 5.81. The molecule has 1 rings (SSSR count). The smallest absolute Gasteiger partial charge is 0.0664 e.